The first-order valence-electron chi connectivity index (χ1n) is 6.83. The van der Waals surface area contributed by atoms with E-state index in [1.807, 2.05) is 24.3 Å². The van der Waals surface area contributed by atoms with E-state index in [0.717, 1.165) is 5.56 Å². The fourth-order valence-electron chi connectivity index (χ4n) is 2.65. The summed E-state index contributed by atoms with van der Waals surface area (Å²) in [6, 6.07) is 7.55. The molecule has 20 heavy (non-hydrogen) atoms. The molecule has 2 rings (SSSR count). The summed E-state index contributed by atoms with van der Waals surface area (Å²) in [4.78, 5) is 0. The Kier molecular flexibility index (Phi) is 5.43. The Morgan fingerprint density at radius 1 is 1.45 bits per heavy atom. The number of hydrogen-bond donors (Lipinski definition) is 1. The molecule has 0 saturated carbocycles. The van der Waals surface area contributed by atoms with E-state index in [1.54, 1.807) is 6.92 Å². The van der Waals surface area contributed by atoms with E-state index in [0.29, 0.717) is 37.6 Å². The minimum atomic E-state index is -3.28. The number of nitrogens with one attached hydrogen (secondary N) is 1. The molecule has 0 aliphatic carbocycles. The summed E-state index contributed by atoms with van der Waals surface area (Å²) in [5.41, 5.74) is 1.05. The molecule has 1 heterocycles. The van der Waals surface area contributed by atoms with Crippen LogP contribution in [0.5, 0.6) is 0 Å². The summed E-state index contributed by atoms with van der Waals surface area (Å²) in [5, 5.41) is 0.278. The van der Waals surface area contributed by atoms with Gasteiger partial charge in [-0.15, -0.1) is 0 Å². The summed E-state index contributed by atoms with van der Waals surface area (Å²) in [6.45, 7) is 3.19. The van der Waals surface area contributed by atoms with E-state index in [4.69, 9.17) is 16.3 Å². The van der Waals surface area contributed by atoms with Crippen molar-refractivity contribution in [1.82, 2.24) is 4.72 Å². The first-order valence-corrected chi connectivity index (χ1v) is 8.76. The van der Waals surface area contributed by atoms with Gasteiger partial charge in [0.1, 0.15) is 0 Å². The average Bonchev–Trinajstić information content (AvgIpc) is 2.39. The van der Waals surface area contributed by atoms with Crippen LogP contribution < -0.4 is 4.72 Å². The molecule has 4 nitrogen and oxygen atoms in total. The van der Waals surface area contributed by atoms with Crippen molar-refractivity contribution in [2.75, 3.05) is 19.8 Å². The molecule has 0 aromatic heterocycles. The first-order chi connectivity index (χ1) is 9.53. The van der Waals surface area contributed by atoms with E-state index in [2.05, 4.69) is 4.72 Å². The van der Waals surface area contributed by atoms with Gasteiger partial charge in [0.25, 0.3) is 0 Å². The SMILES string of the molecule is CCNS(=O)(=O)[C@H]1CCOC[C@@H]1Cc1cccc(Cl)c1. The minimum absolute atomic E-state index is 0.0359. The van der Waals surface area contributed by atoms with Gasteiger partial charge in [0, 0.05) is 24.1 Å². The molecule has 1 aliphatic rings. The highest BCUT2D eigenvalue weighted by atomic mass is 35.5. The molecule has 1 N–H and O–H groups in total. The Morgan fingerprint density at radius 3 is 2.95 bits per heavy atom. The van der Waals surface area contributed by atoms with Gasteiger partial charge in [-0.2, -0.15) is 0 Å². The quantitative estimate of drug-likeness (QED) is 0.906. The molecule has 1 saturated heterocycles. The maximum Gasteiger partial charge on any atom is 0.214 e. The summed E-state index contributed by atoms with van der Waals surface area (Å²) < 4.78 is 32.6. The van der Waals surface area contributed by atoms with Crippen molar-refractivity contribution in [2.45, 2.75) is 25.0 Å². The smallest absolute Gasteiger partial charge is 0.214 e. The molecule has 6 heteroatoms. The highest BCUT2D eigenvalue weighted by molar-refractivity contribution is 7.90. The van der Waals surface area contributed by atoms with Gasteiger partial charge < -0.3 is 4.74 Å². The summed E-state index contributed by atoms with van der Waals surface area (Å²) in [5.74, 6) is -0.0359. The maximum atomic E-state index is 12.3. The van der Waals surface area contributed by atoms with Crippen LogP contribution in [0.2, 0.25) is 5.02 Å². The van der Waals surface area contributed by atoms with E-state index >= 15 is 0 Å². The highest BCUT2D eigenvalue weighted by Crippen LogP contribution is 2.26. The Balaban J connectivity index is 2.15. The third-order valence-electron chi connectivity index (χ3n) is 3.54. The molecule has 2 atom stereocenters. The zero-order valence-corrected chi connectivity index (χ0v) is 13.1. The summed E-state index contributed by atoms with van der Waals surface area (Å²) in [7, 11) is -3.28. The van der Waals surface area contributed by atoms with Crippen LogP contribution in [-0.4, -0.2) is 33.4 Å². The average molecular weight is 318 g/mol. The van der Waals surface area contributed by atoms with Gasteiger partial charge in [-0.05, 0) is 30.5 Å². The number of halogens is 1. The Bertz CT molecular complexity index is 547. The molecule has 0 amide bonds. The van der Waals surface area contributed by atoms with Gasteiger partial charge in [-0.1, -0.05) is 30.7 Å². The van der Waals surface area contributed by atoms with Crippen molar-refractivity contribution in [3.05, 3.63) is 34.9 Å². The largest absolute Gasteiger partial charge is 0.381 e. The van der Waals surface area contributed by atoms with Crippen LogP contribution in [0, 0.1) is 5.92 Å². The van der Waals surface area contributed by atoms with Crippen LogP contribution in [0.25, 0.3) is 0 Å². The predicted octanol–water partition coefficient (Wildman–Crippen LogP) is 2.23. The molecule has 1 aromatic rings. The summed E-state index contributed by atoms with van der Waals surface area (Å²) >= 11 is 5.98. The van der Waals surface area contributed by atoms with Crippen LogP contribution in [0.1, 0.15) is 18.9 Å². The second-order valence-corrected chi connectivity index (χ2v) is 7.46. The van der Waals surface area contributed by atoms with Gasteiger partial charge in [0.2, 0.25) is 10.0 Å². The van der Waals surface area contributed by atoms with Crippen molar-refractivity contribution in [3.8, 4) is 0 Å². The van der Waals surface area contributed by atoms with Crippen LogP contribution >= 0.6 is 11.6 Å². The van der Waals surface area contributed by atoms with Gasteiger partial charge in [-0.3, -0.25) is 0 Å². The van der Waals surface area contributed by atoms with E-state index in [1.165, 1.54) is 0 Å². The van der Waals surface area contributed by atoms with E-state index in [-0.39, 0.29) is 5.92 Å². The van der Waals surface area contributed by atoms with Gasteiger partial charge in [-0.25, -0.2) is 13.1 Å². The van der Waals surface area contributed by atoms with Crippen molar-refractivity contribution in [1.29, 1.82) is 0 Å². The molecule has 0 radical (unpaired) electrons. The van der Waals surface area contributed by atoms with Crippen molar-refractivity contribution >= 4 is 21.6 Å². The second kappa shape index (κ2) is 6.89. The molecular formula is C14H20ClNO3S. The lowest BCUT2D eigenvalue weighted by molar-refractivity contribution is 0.0570. The van der Waals surface area contributed by atoms with Crippen molar-refractivity contribution in [3.63, 3.8) is 0 Å². The first kappa shape index (κ1) is 15.8. The number of rotatable bonds is 5. The number of sulfonamides is 1. The molecule has 0 spiro atoms. The lowest BCUT2D eigenvalue weighted by Gasteiger charge is -2.31. The van der Waals surface area contributed by atoms with Crippen LogP contribution in [0.15, 0.2) is 24.3 Å². The number of benzene rings is 1. The molecule has 1 aliphatic heterocycles. The molecule has 1 aromatic carbocycles. The molecular weight excluding hydrogens is 298 g/mol. The third kappa shape index (κ3) is 3.95. The van der Waals surface area contributed by atoms with Gasteiger partial charge >= 0.3 is 0 Å². The zero-order valence-electron chi connectivity index (χ0n) is 11.5. The predicted molar refractivity (Wildman–Crippen MR) is 80.5 cm³/mol. The van der Waals surface area contributed by atoms with E-state index < -0.39 is 15.3 Å². The van der Waals surface area contributed by atoms with Crippen molar-refractivity contribution in [2.24, 2.45) is 5.92 Å². The topological polar surface area (TPSA) is 55.4 Å². The Labute approximate surface area is 125 Å². The molecule has 1 fully saturated rings. The fraction of sp³-hybridized carbons (Fsp3) is 0.571. The lowest BCUT2D eigenvalue weighted by atomic mass is 9.94. The van der Waals surface area contributed by atoms with Gasteiger partial charge in [0.15, 0.2) is 0 Å². The van der Waals surface area contributed by atoms with Crippen LogP contribution in [0.4, 0.5) is 0 Å². The van der Waals surface area contributed by atoms with Crippen LogP contribution in [0.3, 0.4) is 0 Å². The standard InChI is InChI=1S/C14H20ClNO3S/c1-2-16-20(17,18)14-6-7-19-10-12(14)8-11-4-3-5-13(15)9-11/h3-5,9,12,14,16H,2,6-8,10H2,1H3/t12-,14-/m0/s1. The Hall–Kier alpha value is -0.620. The van der Waals surface area contributed by atoms with Crippen LogP contribution in [-0.2, 0) is 21.2 Å². The monoisotopic (exact) mass is 317 g/mol. The number of hydrogen-bond acceptors (Lipinski definition) is 3. The number of ether oxygens (including phenoxy) is 1. The lowest BCUT2D eigenvalue weighted by Crippen LogP contribution is -2.44. The normalized spacial score (nSPS) is 23.7. The third-order valence-corrected chi connectivity index (χ3v) is 5.88. The second-order valence-electron chi connectivity index (χ2n) is 5.04. The molecule has 0 unspecified atom stereocenters. The van der Waals surface area contributed by atoms with Crippen molar-refractivity contribution < 1.29 is 13.2 Å². The Morgan fingerprint density at radius 2 is 2.25 bits per heavy atom. The highest BCUT2D eigenvalue weighted by Gasteiger charge is 2.35. The minimum Gasteiger partial charge on any atom is -0.381 e. The zero-order chi connectivity index (χ0) is 14.6. The van der Waals surface area contributed by atoms with Gasteiger partial charge in [0.05, 0.1) is 11.9 Å². The molecule has 0 bridgehead atoms. The summed E-state index contributed by atoms with van der Waals surface area (Å²) in [6.07, 6.45) is 1.20. The van der Waals surface area contributed by atoms with E-state index in [9.17, 15) is 8.42 Å². The molecule has 112 valence electrons. The maximum absolute atomic E-state index is 12.3. The fourth-order valence-corrected chi connectivity index (χ4v) is 4.57.